The van der Waals surface area contributed by atoms with Gasteiger partial charge >= 0.3 is 0 Å². The van der Waals surface area contributed by atoms with Crippen molar-refractivity contribution in [3.63, 3.8) is 0 Å². The Bertz CT molecular complexity index is 1670. The average Bonchev–Trinajstić information content (AvgIpc) is 3.02. The highest BCUT2D eigenvalue weighted by atomic mass is 35.5. The van der Waals surface area contributed by atoms with Crippen molar-refractivity contribution in [2.75, 3.05) is 17.4 Å². The minimum absolute atomic E-state index is 0.0107. The smallest absolute Gasteiger partial charge is 0.264 e. The monoisotopic (exact) mass is 671 g/mol. The third-order valence-corrected chi connectivity index (χ3v) is 9.53. The Morgan fingerprint density at radius 3 is 2.05 bits per heavy atom. The molecule has 0 aromatic heterocycles. The third kappa shape index (κ3) is 8.54. The lowest BCUT2D eigenvalue weighted by Crippen LogP contribution is -2.53. The van der Waals surface area contributed by atoms with Crippen molar-refractivity contribution < 1.29 is 18.0 Å². The number of carbonyl (C=O) groups excluding carboxylic acids is 2. The first-order valence-electron chi connectivity index (χ1n) is 14.0. The van der Waals surface area contributed by atoms with Gasteiger partial charge in [-0.15, -0.1) is 0 Å². The molecule has 2 amide bonds. The van der Waals surface area contributed by atoms with Crippen LogP contribution in [0.3, 0.4) is 0 Å². The van der Waals surface area contributed by atoms with Crippen molar-refractivity contribution >= 4 is 62.3 Å². The second-order valence-electron chi connectivity index (χ2n) is 10.1. The first-order valence-corrected chi connectivity index (χ1v) is 16.6. The lowest BCUT2D eigenvalue weighted by Gasteiger charge is -2.34. The molecule has 0 aliphatic carbocycles. The fourth-order valence-electron chi connectivity index (χ4n) is 4.61. The SMILES string of the molecule is CCCNC(=O)C(Cc1ccccc1)N(Cc1ccc(Cl)cc1Cl)C(=O)CN(c1ccc(Cl)cc1)S(=O)(=O)c1ccccc1. The summed E-state index contributed by atoms with van der Waals surface area (Å²) in [6, 6.07) is 27.3. The predicted molar refractivity (Wildman–Crippen MR) is 177 cm³/mol. The van der Waals surface area contributed by atoms with Crippen molar-refractivity contribution in [2.24, 2.45) is 0 Å². The molecule has 0 aliphatic rings. The summed E-state index contributed by atoms with van der Waals surface area (Å²) in [7, 11) is -4.20. The molecule has 7 nitrogen and oxygen atoms in total. The van der Waals surface area contributed by atoms with E-state index in [2.05, 4.69) is 5.32 Å². The zero-order valence-electron chi connectivity index (χ0n) is 24.0. The van der Waals surface area contributed by atoms with E-state index >= 15 is 0 Å². The van der Waals surface area contributed by atoms with Gasteiger partial charge in [0.2, 0.25) is 11.8 Å². The van der Waals surface area contributed by atoms with E-state index in [4.69, 9.17) is 34.8 Å². The Morgan fingerprint density at radius 2 is 1.43 bits per heavy atom. The second kappa shape index (κ2) is 15.4. The van der Waals surface area contributed by atoms with E-state index in [1.54, 1.807) is 48.5 Å². The number of halogens is 3. The van der Waals surface area contributed by atoms with Crippen LogP contribution in [0.15, 0.2) is 108 Å². The first-order chi connectivity index (χ1) is 21.1. The summed E-state index contributed by atoms with van der Waals surface area (Å²) in [6.07, 6.45) is 0.889. The van der Waals surface area contributed by atoms with E-state index in [1.165, 1.54) is 29.2 Å². The molecule has 4 aromatic carbocycles. The molecule has 4 rings (SSSR count). The van der Waals surface area contributed by atoms with Crippen molar-refractivity contribution in [2.45, 2.75) is 37.2 Å². The van der Waals surface area contributed by atoms with Crippen molar-refractivity contribution in [3.8, 4) is 0 Å². The number of anilines is 1. The Labute approximate surface area is 273 Å². The van der Waals surface area contributed by atoms with Crippen LogP contribution < -0.4 is 9.62 Å². The summed E-state index contributed by atoms with van der Waals surface area (Å²) in [4.78, 5) is 29.5. The third-order valence-electron chi connectivity index (χ3n) is 6.90. The van der Waals surface area contributed by atoms with Gasteiger partial charge in [-0.2, -0.15) is 0 Å². The number of benzene rings is 4. The zero-order valence-corrected chi connectivity index (χ0v) is 27.1. The number of sulfonamides is 1. The molecular weight excluding hydrogens is 641 g/mol. The van der Waals surface area contributed by atoms with Gasteiger partial charge in [0.1, 0.15) is 12.6 Å². The molecular formula is C33H32Cl3N3O4S. The molecule has 1 unspecified atom stereocenters. The average molecular weight is 673 g/mol. The van der Waals surface area contributed by atoms with Gasteiger partial charge in [-0.25, -0.2) is 8.42 Å². The highest BCUT2D eigenvalue weighted by Gasteiger charge is 2.34. The lowest BCUT2D eigenvalue weighted by atomic mass is 10.0. The quantitative estimate of drug-likeness (QED) is 0.166. The molecule has 1 atom stereocenters. The maximum absolute atomic E-state index is 14.4. The summed E-state index contributed by atoms with van der Waals surface area (Å²) < 4.78 is 29.0. The van der Waals surface area contributed by atoms with Crippen LogP contribution in [-0.2, 0) is 32.6 Å². The lowest BCUT2D eigenvalue weighted by molar-refractivity contribution is -0.140. The molecule has 0 saturated carbocycles. The fourth-order valence-corrected chi connectivity index (χ4v) is 6.64. The van der Waals surface area contributed by atoms with Crippen LogP contribution in [0.25, 0.3) is 0 Å². The van der Waals surface area contributed by atoms with Crippen molar-refractivity contribution in [1.82, 2.24) is 10.2 Å². The van der Waals surface area contributed by atoms with E-state index in [0.29, 0.717) is 33.6 Å². The molecule has 1 N–H and O–H groups in total. The molecule has 0 radical (unpaired) electrons. The highest BCUT2D eigenvalue weighted by molar-refractivity contribution is 7.92. The molecule has 0 spiro atoms. The molecule has 0 saturated heterocycles. The van der Waals surface area contributed by atoms with E-state index < -0.39 is 28.5 Å². The van der Waals surface area contributed by atoms with Crippen LogP contribution in [0.1, 0.15) is 24.5 Å². The first kappa shape index (κ1) is 33.3. The van der Waals surface area contributed by atoms with E-state index in [1.807, 2.05) is 37.3 Å². The molecule has 0 bridgehead atoms. The van der Waals surface area contributed by atoms with E-state index in [-0.39, 0.29) is 29.5 Å². The number of hydrogen-bond acceptors (Lipinski definition) is 4. The molecule has 11 heteroatoms. The van der Waals surface area contributed by atoms with Crippen LogP contribution in [0.2, 0.25) is 15.1 Å². The minimum Gasteiger partial charge on any atom is -0.354 e. The van der Waals surface area contributed by atoms with Gasteiger partial charge in [-0.1, -0.05) is 96.3 Å². The van der Waals surface area contributed by atoms with Gasteiger partial charge in [0, 0.05) is 34.6 Å². The van der Waals surface area contributed by atoms with Gasteiger partial charge in [-0.05, 0) is 66.1 Å². The Hall–Kier alpha value is -3.56. The van der Waals surface area contributed by atoms with Gasteiger partial charge in [-0.3, -0.25) is 13.9 Å². The zero-order chi connectivity index (χ0) is 31.7. The van der Waals surface area contributed by atoms with Crippen LogP contribution in [0.5, 0.6) is 0 Å². The summed E-state index contributed by atoms with van der Waals surface area (Å²) >= 11 is 18.8. The molecule has 0 heterocycles. The van der Waals surface area contributed by atoms with Gasteiger partial charge < -0.3 is 10.2 Å². The number of amides is 2. The Balaban J connectivity index is 1.80. The number of rotatable bonds is 13. The highest BCUT2D eigenvalue weighted by Crippen LogP contribution is 2.28. The van der Waals surface area contributed by atoms with Crippen LogP contribution in [0.4, 0.5) is 5.69 Å². The molecule has 0 fully saturated rings. The number of nitrogens with zero attached hydrogens (tertiary/aromatic N) is 2. The van der Waals surface area contributed by atoms with Crippen LogP contribution in [-0.4, -0.2) is 44.3 Å². The van der Waals surface area contributed by atoms with E-state index in [9.17, 15) is 18.0 Å². The van der Waals surface area contributed by atoms with E-state index in [0.717, 1.165) is 9.87 Å². The molecule has 44 heavy (non-hydrogen) atoms. The minimum atomic E-state index is -4.20. The van der Waals surface area contributed by atoms with Gasteiger partial charge in [0.15, 0.2) is 0 Å². The van der Waals surface area contributed by atoms with Gasteiger partial charge in [0.25, 0.3) is 10.0 Å². The number of nitrogens with one attached hydrogen (secondary N) is 1. The predicted octanol–water partition coefficient (Wildman–Crippen LogP) is 7.01. The van der Waals surface area contributed by atoms with Crippen molar-refractivity contribution in [1.29, 1.82) is 0 Å². The maximum Gasteiger partial charge on any atom is 0.264 e. The Kier molecular flexibility index (Phi) is 11.7. The van der Waals surface area contributed by atoms with Crippen LogP contribution >= 0.6 is 34.8 Å². The second-order valence-corrected chi connectivity index (χ2v) is 13.2. The summed E-state index contributed by atoms with van der Waals surface area (Å²) in [5.74, 6) is -0.962. The summed E-state index contributed by atoms with van der Waals surface area (Å²) in [5.41, 5.74) is 1.62. The molecule has 230 valence electrons. The van der Waals surface area contributed by atoms with Gasteiger partial charge in [0.05, 0.1) is 10.6 Å². The topological polar surface area (TPSA) is 86.8 Å². The van der Waals surface area contributed by atoms with Crippen LogP contribution in [0, 0.1) is 0 Å². The largest absolute Gasteiger partial charge is 0.354 e. The molecule has 4 aromatic rings. The fraction of sp³-hybridized carbons (Fsp3) is 0.212. The number of hydrogen-bond donors (Lipinski definition) is 1. The maximum atomic E-state index is 14.4. The molecule has 0 aliphatic heterocycles. The number of carbonyl (C=O) groups is 2. The summed E-state index contributed by atoms with van der Waals surface area (Å²) in [6.45, 7) is 1.69. The normalized spacial score (nSPS) is 11.9. The standard InChI is InChI=1S/C33H32Cl3N3O4S/c1-2-19-37-33(41)31(20-24-9-5-3-6-10-24)38(22-25-13-14-27(35)21-30(25)36)32(40)23-39(28-17-15-26(34)16-18-28)44(42,43)29-11-7-4-8-12-29/h3-18,21,31H,2,19-20,22-23H2,1H3,(H,37,41). The summed E-state index contributed by atoms with van der Waals surface area (Å²) in [5, 5.41) is 4.05. The Morgan fingerprint density at radius 1 is 0.818 bits per heavy atom. The van der Waals surface area contributed by atoms with Crippen molar-refractivity contribution in [3.05, 3.63) is 129 Å².